The zero-order chi connectivity index (χ0) is 16.7. The summed E-state index contributed by atoms with van der Waals surface area (Å²) < 4.78 is 39.6. The quantitative estimate of drug-likeness (QED) is 0.732. The Balaban J connectivity index is 1.95. The van der Waals surface area contributed by atoms with E-state index in [1.807, 2.05) is 0 Å². The van der Waals surface area contributed by atoms with E-state index in [9.17, 15) is 14.3 Å². The molecule has 1 N–H and O–H groups in total. The van der Waals surface area contributed by atoms with E-state index < -0.39 is 31.9 Å². The van der Waals surface area contributed by atoms with Crippen molar-refractivity contribution in [2.75, 3.05) is 27.4 Å². The first kappa shape index (κ1) is 16.8. The van der Waals surface area contributed by atoms with Gasteiger partial charge < -0.3 is 19.1 Å². The minimum atomic E-state index is -4.26. The Kier molecular flexibility index (Phi) is 4.45. The zero-order valence-corrected chi connectivity index (χ0v) is 13.5. The Labute approximate surface area is 132 Å². The Hall–Kier alpha value is -1.06. The van der Waals surface area contributed by atoms with Crippen molar-refractivity contribution in [2.24, 2.45) is 0 Å². The van der Waals surface area contributed by atoms with Gasteiger partial charge in [0.15, 0.2) is 6.23 Å². The van der Waals surface area contributed by atoms with E-state index in [-0.39, 0.29) is 18.8 Å². The summed E-state index contributed by atoms with van der Waals surface area (Å²) in [4.78, 5) is 21.7. The van der Waals surface area contributed by atoms with Gasteiger partial charge in [-0.25, -0.2) is 4.57 Å². The van der Waals surface area contributed by atoms with Crippen LogP contribution in [0.1, 0.15) is 6.23 Å². The maximum atomic E-state index is 12.0. The van der Waals surface area contributed by atoms with Crippen molar-refractivity contribution in [2.45, 2.75) is 24.0 Å². The third-order valence-electron chi connectivity index (χ3n) is 3.96. The second-order valence-electron chi connectivity index (χ2n) is 5.41. The van der Waals surface area contributed by atoms with Crippen molar-refractivity contribution in [3.63, 3.8) is 0 Å². The van der Waals surface area contributed by atoms with E-state index in [1.165, 1.54) is 17.7 Å². The van der Waals surface area contributed by atoms with Crippen LogP contribution in [-0.4, -0.2) is 54.7 Å². The second kappa shape index (κ2) is 6.10. The molecule has 1 aromatic rings. The molecule has 10 heteroatoms. The van der Waals surface area contributed by atoms with Crippen LogP contribution in [0.5, 0.6) is 0 Å². The molecule has 0 radical (unpaired) electrons. The molecule has 1 aromatic heterocycles. The number of phosphoric acid groups is 1. The smallest absolute Gasteiger partial charge is 0.381 e. The van der Waals surface area contributed by atoms with Crippen molar-refractivity contribution >= 4 is 7.82 Å². The van der Waals surface area contributed by atoms with Gasteiger partial charge in [0.2, 0.25) is 0 Å². The number of fused-ring (bicyclic) bond motifs is 2. The largest absolute Gasteiger partial charge is 0.472 e. The maximum Gasteiger partial charge on any atom is 0.472 e. The molecule has 3 heterocycles. The Morgan fingerprint density at radius 2 is 2.26 bits per heavy atom. The van der Waals surface area contributed by atoms with Gasteiger partial charge in [0, 0.05) is 26.5 Å². The number of pyridine rings is 1. The molecule has 0 aromatic carbocycles. The molecule has 2 aliphatic rings. The highest BCUT2D eigenvalue weighted by Gasteiger charge is 2.64. The van der Waals surface area contributed by atoms with Gasteiger partial charge in [0.1, 0.15) is 17.8 Å². The standard InChI is InChI=1S/C13H18NO8P/c1-18-7-13-8-20-10(11(13)22-23(16,17)19-2)12(21-13)14-6-4-3-5-9(14)15/h3-6,10-12H,7-8H2,1-2H3,(H,16,17)/t10-,11-,12+,13-/m0/s1. The SMILES string of the molecule is COC[C@@]12CO[C@H]([C@H](n3ccccc3=O)O1)[C@@H]2OP(=O)(O)OC. The summed E-state index contributed by atoms with van der Waals surface area (Å²) >= 11 is 0. The fourth-order valence-corrected chi connectivity index (χ4v) is 3.64. The lowest BCUT2D eigenvalue weighted by Gasteiger charge is -2.31. The third kappa shape index (κ3) is 2.89. The number of phosphoric ester groups is 1. The fraction of sp³-hybridized carbons (Fsp3) is 0.615. The summed E-state index contributed by atoms with van der Waals surface area (Å²) in [7, 11) is -1.71. The van der Waals surface area contributed by atoms with Gasteiger partial charge in [-0.05, 0) is 6.07 Å². The molecule has 2 fully saturated rings. The number of ether oxygens (including phenoxy) is 3. The molecule has 23 heavy (non-hydrogen) atoms. The van der Waals surface area contributed by atoms with Crippen molar-refractivity contribution in [3.05, 3.63) is 34.7 Å². The lowest BCUT2D eigenvalue weighted by Crippen LogP contribution is -2.45. The topological polar surface area (TPSA) is 105 Å². The molecule has 0 aliphatic carbocycles. The highest BCUT2D eigenvalue weighted by atomic mass is 31.2. The average molecular weight is 347 g/mol. The molecule has 9 nitrogen and oxygen atoms in total. The lowest BCUT2D eigenvalue weighted by atomic mass is 10.0. The number of hydrogen-bond donors (Lipinski definition) is 1. The summed E-state index contributed by atoms with van der Waals surface area (Å²) in [6.07, 6.45) is -0.866. The number of methoxy groups -OCH3 is 1. The van der Waals surface area contributed by atoms with Gasteiger partial charge in [0.25, 0.3) is 5.56 Å². The monoisotopic (exact) mass is 347 g/mol. The van der Waals surface area contributed by atoms with Gasteiger partial charge >= 0.3 is 7.82 Å². The van der Waals surface area contributed by atoms with Crippen LogP contribution in [0.15, 0.2) is 29.2 Å². The van der Waals surface area contributed by atoms with Crippen LogP contribution in [-0.2, 0) is 27.8 Å². The Bertz CT molecular complexity index is 678. The van der Waals surface area contributed by atoms with Crippen molar-refractivity contribution < 1.29 is 32.7 Å². The predicted molar refractivity (Wildman–Crippen MR) is 76.9 cm³/mol. The molecule has 0 amide bonds. The van der Waals surface area contributed by atoms with E-state index >= 15 is 0 Å². The molecular weight excluding hydrogens is 329 g/mol. The molecular formula is C13H18NO8P. The minimum Gasteiger partial charge on any atom is -0.381 e. The van der Waals surface area contributed by atoms with Gasteiger partial charge in [-0.15, -0.1) is 0 Å². The van der Waals surface area contributed by atoms with Crippen molar-refractivity contribution in [3.8, 4) is 0 Å². The number of rotatable bonds is 6. The van der Waals surface area contributed by atoms with Crippen molar-refractivity contribution in [1.29, 1.82) is 0 Å². The number of aromatic nitrogens is 1. The third-order valence-corrected chi connectivity index (χ3v) is 4.92. The molecule has 2 bridgehead atoms. The number of hydrogen-bond acceptors (Lipinski definition) is 7. The first-order valence-corrected chi connectivity index (χ1v) is 8.44. The average Bonchev–Trinajstić information content (AvgIpc) is 2.99. The van der Waals surface area contributed by atoms with Gasteiger partial charge in [-0.1, -0.05) is 6.07 Å². The minimum absolute atomic E-state index is 0.0793. The van der Waals surface area contributed by atoms with Gasteiger partial charge in [-0.2, -0.15) is 0 Å². The zero-order valence-electron chi connectivity index (χ0n) is 12.7. The van der Waals surface area contributed by atoms with Crippen LogP contribution in [0.3, 0.4) is 0 Å². The highest BCUT2D eigenvalue weighted by molar-refractivity contribution is 7.47. The van der Waals surface area contributed by atoms with Crippen LogP contribution in [0.4, 0.5) is 0 Å². The Morgan fingerprint density at radius 1 is 1.48 bits per heavy atom. The molecule has 3 rings (SSSR count). The molecule has 128 valence electrons. The van der Waals surface area contributed by atoms with E-state index in [0.29, 0.717) is 0 Å². The molecule has 2 saturated heterocycles. The second-order valence-corrected chi connectivity index (χ2v) is 6.92. The van der Waals surface area contributed by atoms with E-state index in [4.69, 9.17) is 18.7 Å². The van der Waals surface area contributed by atoms with Crippen LogP contribution >= 0.6 is 7.82 Å². The number of nitrogens with zero attached hydrogens (tertiary/aromatic N) is 1. The molecule has 1 unspecified atom stereocenters. The maximum absolute atomic E-state index is 12.0. The van der Waals surface area contributed by atoms with Gasteiger partial charge in [0.05, 0.1) is 13.2 Å². The normalized spacial score (nSPS) is 35.3. The van der Waals surface area contributed by atoms with Crippen molar-refractivity contribution in [1.82, 2.24) is 4.57 Å². The molecule has 0 spiro atoms. The van der Waals surface area contributed by atoms with Gasteiger partial charge in [-0.3, -0.25) is 18.4 Å². The first-order chi connectivity index (χ1) is 10.9. The summed E-state index contributed by atoms with van der Waals surface area (Å²) in [5, 5.41) is 0. The summed E-state index contributed by atoms with van der Waals surface area (Å²) in [5.74, 6) is 0. The molecule has 2 aliphatic heterocycles. The Morgan fingerprint density at radius 3 is 2.91 bits per heavy atom. The first-order valence-electron chi connectivity index (χ1n) is 6.95. The summed E-state index contributed by atoms with van der Waals surface area (Å²) in [5.41, 5.74) is -1.37. The lowest BCUT2D eigenvalue weighted by molar-refractivity contribution is -0.190. The van der Waals surface area contributed by atoms with E-state index in [0.717, 1.165) is 7.11 Å². The van der Waals surface area contributed by atoms with E-state index in [2.05, 4.69) is 4.52 Å². The predicted octanol–water partition coefficient (Wildman–Crippen LogP) is 0.293. The van der Waals surface area contributed by atoms with Crippen LogP contribution in [0, 0.1) is 0 Å². The van der Waals surface area contributed by atoms with E-state index in [1.54, 1.807) is 18.3 Å². The fourth-order valence-electron chi connectivity index (χ4n) is 2.96. The summed E-state index contributed by atoms with van der Waals surface area (Å²) in [6, 6.07) is 4.68. The molecule has 5 atom stereocenters. The summed E-state index contributed by atoms with van der Waals surface area (Å²) in [6.45, 7) is 0.202. The van der Waals surface area contributed by atoms with Crippen LogP contribution in [0.25, 0.3) is 0 Å². The van der Waals surface area contributed by atoms with Crippen LogP contribution in [0.2, 0.25) is 0 Å². The molecule has 0 saturated carbocycles. The highest BCUT2D eigenvalue weighted by Crippen LogP contribution is 2.54. The van der Waals surface area contributed by atoms with Crippen LogP contribution < -0.4 is 5.56 Å².